The van der Waals surface area contributed by atoms with Crippen LogP contribution >= 0.6 is 0 Å². The van der Waals surface area contributed by atoms with Crippen LogP contribution in [0.1, 0.15) is 13.3 Å². The lowest BCUT2D eigenvalue weighted by atomic mass is 9.75. The van der Waals surface area contributed by atoms with Crippen LogP contribution in [0, 0.1) is 5.41 Å². The number of hydrogen-bond donors (Lipinski definition) is 0. The second-order valence-corrected chi connectivity index (χ2v) is 3.52. The van der Waals surface area contributed by atoms with Gasteiger partial charge in [-0.05, 0) is 19.1 Å². The Morgan fingerprint density at radius 1 is 1.31 bits per heavy atom. The predicted octanol–water partition coefficient (Wildman–Crippen LogP) is 1.59. The highest BCUT2D eigenvalue weighted by Crippen LogP contribution is 2.41. The number of carbonyl (C=O) groups excluding carboxylic acids is 2. The van der Waals surface area contributed by atoms with Crippen LogP contribution in [-0.4, -0.2) is 11.6 Å². The van der Waals surface area contributed by atoms with Crippen molar-refractivity contribution < 1.29 is 9.59 Å². The SMILES string of the molecule is CC1=CC(=O)CC12C=CC=CC2=O. The van der Waals surface area contributed by atoms with Crippen LogP contribution in [0.4, 0.5) is 0 Å². The smallest absolute Gasteiger partial charge is 0.170 e. The largest absolute Gasteiger partial charge is 0.295 e. The molecule has 2 rings (SSSR count). The zero-order valence-corrected chi connectivity index (χ0v) is 7.41. The Morgan fingerprint density at radius 2 is 2.08 bits per heavy atom. The van der Waals surface area contributed by atoms with E-state index in [-0.39, 0.29) is 11.6 Å². The van der Waals surface area contributed by atoms with Gasteiger partial charge < -0.3 is 0 Å². The molecule has 0 radical (unpaired) electrons. The van der Waals surface area contributed by atoms with Crippen molar-refractivity contribution in [3.05, 3.63) is 36.0 Å². The van der Waals surface area contributed by atoms with Crippen molar-refractivity contribution in [3.8, 4) is 0 Å². The molecule has 2 aliphatic carbocycles. The summed E-state index contributed by atoms with van der Waals surface area (Å²) in [5, 5.41) is 0. The fourth-order valence-corrected chi connectivity index (χ4v) is 1.90. The van der Waals surface area contributed by atoms with Gasteiger partial charge in [0.2, 0.25) is 0 Å². The van der Waals surface area contributed by atoms with E-state index in [4.69, 9.17) is 0 Å². The van der Waals surface area contributed by atoms with Gasteiger partial charge in [0, 0.05) is 6.42 Å². The summed E-state index contributed by atoms with van der Waals surface area (Å²) in [7, 11) is 0. The topological polar surface area (TPSA) is 34.1 Å². The predicted molar refractivity (Wildman–Crippen MR) is 49.1 cm³/mol. The molecule has 1 spiro atoms. The Balaban J connectivity index is 2.48. The van der Waals surface area contributed by atoms with Gasteiger partial charge in [-0.25, -0.2) is 0 Å². The maximum atomic E-state index is 11.6. The van der Waals surface area contributed by atoms with Gasteiger partial charge in [-0.2, -0.15) is 0 Å². The molecule has 0 aromatic heterocycles. The molecule has 1 unspecified atom stereocenters. The minimum absolute atomic E-state index is 0.0228. The summed E-state index contributed by atoms with van der Waals surface area (Å²) in [6, 6.07) is 0. The average molecular weight is 174 g/mol. The van der Waals surface area contributed by atoms with Crippen LogP contribution < -0.4 is 0 Å². The Labute approximate surface area is 76.6 Å². The molecule has 0 aliphatic heterocycles. The summed E-state index contributed by atoms with van der Waals surface area (Å²) in [5.74, 6) is 0.0698. The lowest BCUT2D eigenvalue weighted by Crippen LogP contribution is -2.28. The molecule has 0 bridgehead atoms. The maximum absolute atomic E-state index is 11.6. The number of allylic oxidation sites excluding steroid dienone is 6. The Bertz CT molecular complexity index is 372. The van der Waals surface area contributed by atoms with Crippen LogP contribution in [-0.2, 0) is 9.59 Å². The number of rotatable bonds is 0. The van der Waals surface area contributed by atoms with E-state index in [1.165, 1.54) is 6.08 Å². The van der Waals surface area contributed by atoms with Gasteiger partial charge in [-0.3, -0.25) is 9.59 Å². The molecule has 0 fully saturated rings. The van der Waals surface area contributed by atoms with Crippen LogP contribution in [0.5, 0.6) is 0 Å². The lowest BCUT2D eigenvalue weighted by molar-refractivity contribution is -0.123. The van der Waals surface area contributed by atoms with Gasteiger partial charge in [-0.1, -0.05) is 23.8 Å². The van der Waals surface area contributed by atoms with E-state index in [0.29, 0.717) is 6.42 Å². The van der Waals surface area contributed by atoms with E-state index in [9.17, 15) is 9.59 Å². The van der Waals surface area contributed by atoms with Crippen molar-refractivity contribution in [2.75, 3.05) is 0 Å². The van der Waals surface area contributed by atoms with Gasteiger partial charge in [0.05, 0.1) is 5.41 Å². The first-order valence-corrected chi connectivity index (χ1v) is 4.27. The van der Waals surface area contributed by atoms with Crippen molar-refractivity contribution in [2.45, 2.75) is 13.3 Å². The van der Waals surface area contributed by atoms with E-state index in [1.807, 2.05) is 19.1 Å². The molecular weight excluding hydrogens is 164 g/mol. The second kappa shape index (κ2) is 2.52. The molecule has 0 amide bonds. The van der Waals surface area contributed by atoms with Crippen molar-refractivity contribution in [1.29, 1.82) is 0 Å². The van der Waals surface area contributed by atoms with E-state index in [1.54, 1.807) is 12.2 Å². The molecule has 0 aromatic carbocycles. The van der Waals surface area contributed by atoms with Crippen molar-refractivity contribution in [1.82, 2.24) is 0 Å². The maximum Gasteiger partial charge on any atom is 0.170 e. The molecular formula is C11H10O2. The molecule has 1 atom stereocenters. The summed E-state index contributed by atoms with van der Waals surface area (Å²) in [4.78, 5) is 22.8. The quantitative estimate of drug-likeness (QED) is 0.558. The number of ketones is 2. The van der Waals surface area contributed by atoms with Gasteiger partial charge in [0.25, 0.3) is 0 Å². The van der Waals surface area contributed by atoms with Crippen molar-refractivity contribution in [3.63, 3.8) is 0 Å². The van der Waals surface area contributed by atoms with Gasteiger partial charge in [0.15, 0.2) is 11.6 Å². The highest BCUT2D eigenvalue weighted by Gasteiger charge is 2.42. The molecule has 2 heteroatoms. The molecule has 2 nitrogen and oxygen atoms in total. The summed E-state index contributed by atoms with van der Waals surface area (Å²) >= 11 is 0. The average Bonchev–Trinajstić information content (AvgIpc) is 2.35. The summed E-state index contributed by atoms with van der Waals surface area (Å²) in [6.07, 6.45) is 8.78. The zero-order chi connectivity index (χ0) is 9.47. The standard InChI is InChI=1S/C11H10O2/c1-8-6-9(12)7-11(8)5-3-2-4-10(11)13/h2-6H,7H2,1H3. The third-order valence-electron chi connectivity index (χ3n) is 2.71. The fourth-order valence-electron chi connectivity index (χ4n) is 1.90. The molecule has 0 N–H and O–H groups in total. The third-order valence-corrected chi connectivity index (χ3v) is 2.71. The second-order valence-electron chi connectivity index (χ2n) is 3.52. The monoisotopic (exact) mass is 174 g/mol. The molecule has 0 heterocycles. The summed E-state index contributed by atoms with van der Waals surface area (Å²) in [5.41, 5.74) is 0.231. The van der Waals surface area contributed by atoms with E-state index < -0.39 is 5.41 Å². The first-order valence-electron chi connectivity index (χ1n) is 4.27. The summed E-state index contributed by atoms with van der Waals surface area (Å²) < 4.78 is 0. The van der Waals surface area contributed by atoms with Crippen molar-refractivity contribution >= 4 is 11.6 Å². The highest BCUT2D eigenvalue weighted by atomic mass is 16.1. The minimum Gasteiger partial charge on any atom is -0.295 e. The first kappa shape index (κ1) is 8.17. The Morgan fingerprint density at radius 3 is 2.62 bits per heavy atom. The molecule has 13 heavy (non-hydrogen) atoms. The van der Waals surface area contributed by atoms with Crippen LogP contribution in [0.2, 0.25) is 0 Å². The highest BCUT2D eigenvalue weighted by molar-refractivity contribution is 6.08. The van der Waals surface area contributed by atoms with Gasteiger partial charge in [-0.15, -0.1) is 0 Å². The van der Waals surface area contributed by atoms with Gasteiger partial charge >= 0.3 is 0 Å². The molecule has 66 valence electrons. The van der Waals surface area contributed by atoms with E-state index in [2.05, 4.69) is 0 Å². The zero-order valence-electron chi connectivity index (χ0n) is 7.41. The number of hydrogen-bond acceptors (Lipinski definition) is 2. The first-order chi connectivity index (χ1) is 6.15. The van der Waals surface area contributed by atoms with Crippen LogP contribution in [0.15, 0.2) is 36.0 Å². The Kier molecular flexibility index (Phi) is 1.59. The molecule has 2 aliphatic rings. The fraction of sp³-hybridized carbons (Fsp3) is 0.273. The van der Waals surface area contributed by atoms with Crippen LogP contribution in [0.25, 0.3) is 0 Å². The third kappa shape index (κ3) is 1.02. The molecule has 0 aromatic rings. The molecule has 0 saturated carbocycles. The summed E-state index contributed by atoms with van der Waals surface area (Å²) in [6.45, 7) is 1.84. The Hall–Kier alpha value is -1.44. The van der Waals surface area contributed by atoms with E-state index >= 15 is 0 Å². The van der Waals surface area contributed by atoms with Crippen LogP contribution in [0.3, 0.4) is 0 Å². The number of carbonyl (C=O) groups is 2. The van der Waals surface area contributed by atoms with E-state index in [0.717, 1.165) is 5.57 Å². The minimum atomic E-state index is -0.633. The van der Waals surface area contributed by atoms with Gasteiger partial charge in [0.1, 0.15) is 0 Å². The normalized spacial score (nSPS) is 31.6. The van der Waals surface area contributed by atoms with Crippen molar-refractivity contribution in [2.24, 2.45) is 5.41 Å². The molecule has 0 saturated heterocycles. The lowest BCUT2D eigenvalue weighted by Gasteiger charge is -2.25.